The predicted octanol–water partition coefficient (Wildman–Crippen LogP) is 4.94. The van der Waals surface area contributed by atoms with Crippen LogP contribution in [0.1, 0.15) is 23.2 Å². The molecule has 1 heterocycles. The van der Waals surface area contributed by atoms with Crippen LogP contribution >= 0.6 is 0 Å². The lowest BCUT2D eigenvalue weighted by molar-refractivity contribution is 0.0951. The largest absolute Gasteiger partial charge is 0.453 e. The Kier molecular flexibility index (Phi) is 5.97. The molecule has 0 radical (unpaired) electrons. The number of anilines is 2. The number of hydrogen-bond acceptors (Lipinski definition) is 5. The zero-order chi connectivity index (χ0) is 24.4. The first-order chi connectivity index (χ1) is 17.0. The molecule has 0 spiro atoms. The number of aromatic nitrogens is 2. The molecule has 0 saturated heterocycles. The van der Waals surface area contributed by atoms with Crippen LogP contribution in [0.3, 0.4) is 0 Å². The van der Waals surface area contributed by atoms with Crippen molar-refractivity contribution in [3.05, 3.63) is 107 Å². The molecule has 1 aliphatic rings. The van der Waals surface area contributed by atoms with Gasteiger partial charge in [-0.2, -0.15) is 9.78 Å². The molecule has 5 rings (SSSR count). The minimum Gasteiger partial charge on any atom is -0.453 e. The van der Waals surface area contributed by atoms with Crippen LogP contribution in [0.15, 0.2) is 83.8 Å². The maximum atomic E-state index is 13.4. The van der Waals surface area contributed by atoms with Gasteiger partial charge in [0.05, 0.1) is 11.9 Å². The number of nitrogens with zero attached hydrogens (tertiary/aromatic N) is 2. The monoisotopic (exact) mass is 474 g/mol. The molecule has 1 aliphatic carbocycles. The van der Waals surface area contributed by atoms with Gasteiger partial charge in [0.2, 0.25) is 0 Å². The van der Waals surface area contributed by atoms with E-state index in [1.54, 1.807) is 24.3 Å². The van der Waals surface area contributed by atoms with Gasteiger partial charge in [0.15, 0.2) is 11.4 Å². The van der Waals surface area contributed by atoms with E-state index in [1.165, 1.54) is 54.7 Å². The summed E-state index contributed by atoms with van der Waals surface area (Å²) in [5.41, 5.74) is 0.741. The van der Waals surface area contributed by atoms with Crippen molar-refractivity contribution in [1.29, 1.82) is 0 Å². The van der Waals surface area contributed by atoms with E-state index in [4.69, 9.17) is 4.74 Å². The van der Waals surface area contributed by atoms with Crippen LogP contribution in [-0.4, -0.2) is 21.7 Å². The minimum absolute atomic E-state index is 0.0356. The quantitative estimate of drug-likeness (QED) is 0.396. The second-order valence-electron chi connectivity index (χ2n) is 8.09. The number of carbonyl (C=O) groups excluding carboxylic acids is 1. The Morgan fingerprint density at radius 2 is 1.66 bits per heavy atom. The summed E-state index contributed by atoms with van der Waals surface area (Å²) in [7, 11) is 0. The topological polar surface area (TPSA) is 85.2 Å². The van der Waals surface area contributed by atoms with Crippen molar-refractivity contribution in [3.8, 4) is 17.2 Å². The van der Waals surface area contributed by atoms with Crippen LogP contribution in [-0.2, 0) is 0 Å². The van der Waals surface area contributed by atoms with E-state index in [0.29, 0.717) is 22.7 Å². The van der Waals surface area contributed by atoms with Gasteiger partial charge in [0.25, 0.3) is 11.5 Å². The van der Waals surface area contributed by atoms with Crippen molar-refractivity contribution in [2.75, 3.05) is 5.32 Å². The van der Waals surface area contributed by atoms with Crippen LogP contribution < -0.4 is 20.9 Å². The molecule has 0 atom stereocenters. The summed E-state index contributed by atoms with van der Waals surface area (Å²) in [6, 6.07) is 17.5. The fraction of sp³-hybridized carbons (Fsp3) is 0.115. The van der Waals surface area contributed by atoms with Gasteiger partial charge >= 0.3 is 0 Å². The van der Waals surface area contributed by atoms with E-state index in [0.717, 1.165) is 17.5 Å². The lowest BCUT2D eigenvalue weighted by Gasteiger charge is -2.15. The van der Waals surface area contributed by atoms with Crippen LogP contribution in [0.4, 0.5) is 20.2 Å². The Labute approximate surface area is 199 Å². The Balaban J connectivity index is 1.52. The van der Waals surface area contributed by atoms with Crippen molar-refractivity contribution in [3.63, 3.8) is 0 Å². The van der Waals surface area contributed by atoms with E-state index in [-0.39, 0.29) is 23.4 Å². The normalized spacial score (nSPS) is 12.7. The molecule has 4 aromatic rings. The molecule has 3 aromatic carbocycles. The molecular weight excluding hydrogens is 454 g/mol. The summed E-state index contributed by atoms with van der Waals surface area (Å²) in [5.74, 6) is -0.683. The summed E-state index contributed by atoms with van der Waals surface area (Å²) in [5, 5.41) is 10.1. The summed E-state index contributed by atoms with van der Waals surface area (Å²) in [4.78, 5) is 25.9. The highest BCUT2D eigenvalue weighted by molar-refractivity contribution is 5.95. The summed E-state index contributed by atoms with van der Waals surface area (Å²) < 4.78 is 33.6. The average molecular weight is 474 g/mol. The number of halogens is 2. The van der Waals surface area contributed by atoms with Crippen molar-refractivity contribution in [1.82, 2.24) is 15.1 Å². The lowest BCUT2D eigenvalue weighted by atomic mass is 10.2. The SMILES string of the molecule is O=C(NC1CC1)c1cccc(Nc2c(Oc3ccc(F)cc3)cnn(-c3ccc(F)cc3)c2=O)c1. The number of hydrogen-bond donors (Lipinski definition) is 2. The first kappa shape index (κ1) is 22.3. The Morgan fingerprint density at radius 1 is 0.971 bits per heavy atom. The number of amides is 1. The average Bonchev–Trinajstić information content (AvgIpc) is 3.68. The number of rotatable bonds is 7. The van der Waals surface area contributed by atoms with E-state index >= 15 is 0 Å². The molecule has 1 saturated carbocycles. The molecular formula is C26H20F2N4O3. The van der Waals surface area contributed by atoms with Gasteiger partial charge in [-0.05, 0) is 79.6 Å². The number of nitrogens with one attached hydrogen (secondary N) is 2. The first-order valence-corrected chi connectivity index (χ1v) is 11.0. The molecule has 176 valence electrons. The molecule has 9 heteroatoms. The van der Waals surface area contributed by atoms with Crippen LogP contribution in [0, 0.1) is 11.6 Å². The minimum atomic E-state index is -0.566. The number of ether oxygens (including phenoxy) is 1. The van der Waals surface area contributed by atoms with Crippen LogP contribution in [0.5, 0.6) is 11.5 Å². The Bertz CT molecular complexity index is 1430. The number of benzene rings is 3. The van der Waals surface area contributed by atoms with E-state index in [1.807, 2.05) is 0 Å². The zero-order valence-corrected chi connectivity index (χ0v) is 18.4. The summed E-state index contributed by atoms with van der Waals surface area (Å²) in [6.45, 7) is 0. The highest BCUT2D eigenvalue weighted by atomic mass is 19.1. The van der Waals surface area contributed by atoms with Gasteiger partial charge in [-0.1, -0.05) is 6.07 Å². The van der Waals surface area contributed by atoms with Gasteiger partial charge in [0, 0.05) is 17.3 Å². The lowest BCUT2D eigenvalue weighted by Crippen LogP contribution is -2.25. The molecule has 2 N–H and O–H groups in total. The molecule has 0 bridgehead atoms. The van der Waals surface area contributed by atoms with Gasteiger partial charge in [-0.3, -0.25) is 9.59 Å². The van der Waals surface area contributed by atoms with Crippen LogP contribution in [0.25, 0.3) is 5.69 Å². The molecule has 1 aromatic heterocycles. The third-order valence-electron chi connectivity index (χ3n) is 5.36. The van der Waals surface area contributed by atoms with Crippen molar-refractivity contribution in [2.45, 2.75) is 18.9 Å². The maximum Gasteiger partial charge on any atom is 0.299 e. The predicted molar refractivity (Wildman–Crippen MR) is 126 cm³/mol. The van der Waals surface area contributed by atoms with Crippen molar-refractivity contribution in [2.24, 2.45) is 0 Å². The van der Waals surface area contributed by atoms with Crippen LogP contribution in [0.2, 0.25) is 0 Å². The Hall–Kier alpha value is -4.53. The summed E-state index contributed by atoms with van der Waals surface area (Å²) >= 11 is 0. The van der Waals surface area contributed by atoms with E-state index < -0.39 is 17.2 Å². The van der Waals surface area contributed by atoms with Crippen molar-refractivity contribution >= 4 is 17.3 Å². The maximum absolute atomic E-state index is 13.4. The Morgan fingerprint density at radius 3 is 2.34 bits per heavy atom. The van der Waals surface area contributed by atoms with Gasteiger partial charge in [-0.25, -0.2) is 8.78 Å². The molecule has 0 aliphatic heterocycles. The van der Waals surface area contributed by atoms with Gasteiger partial charge in [0.1, 0.15) is 17.4 Å². The van der Waals surface area contributed by atoms with Crippen molar-refractivity contribution < 1.29 is 18.3 Å². The smallest absolute Gasteiger partial charge is 0.299 e. The third-order valence-corrected chi connectivity index (χ3v) is 5.36. The van der Waals surface area contributed by atoms with E-state index in [9.17, 15) is 18.4 Å². The molecule has 0 unspecified atom stereocenters. The fourth-order valence-corrected chi connectivity index (χ4v) is 3.41. The zero-order valence-electron chi connectivity index (χ0n) is 18.4. The standard InChI is InChI=1S/C26H20F2N4O3/c27-17-4-10-21(11-5-17)32-26(34)24(23(15-29-32)35-22-12-6-18(28)7-13-22)30-20-3-1-2-16(14-20)25(33)31-19-8-9-19/h1-7,10-15,19,30H,8-9H2,(H,31,33). The number of carbonyl (C=O) groups is 1. The molecule has 35 heavy (non-hydrogen) atoms. The second kappa shape index (κ2) is 9.38. The summed E-state index contributed by atoms with van der Waals surface area (Å²) in [6.07, 6.45) is 3.27. The first-order valence-electron chi connectivity index (χ1n) is 11.0. The highest BCUT2D eigenvalue weighted by Crippen LogP contribution is 2.29. The van der Waals surface area contributed by atoms with Gasteiger partial charge in [-0.15, -0.1) is 0 Å². The van der Waals surface area contributed by atoms with Gasteiger partial charge < -0.3 is 15.4 Å². The fourth-order valence-electron chi connectivity index (χ4n) is 3.41. The second-order valence-corrected chi connectivity index (χ2v) is 8.09. The molecule has 7 nitrogen and oxygen atoms in total. The molecule has 1 fully saturated rings. The highest BCUT2D eigenvalue weighted by Gasteiger charge is 2.24. The third kappa shape index (κ3) is 5.19. The molecule has 1 amide bonds. The van der Waals surface area contributed by atoms with E-state index in [2.05, 4.69) is 15.7 Å².